The van der Waals surface area contributed by atoms with Crippen LogP contribution in [0, 0.1) is 11.8 Å². The van der Waals surface area contributed by atoms with Crippen molar-refractivity contribution in [2.24, 2.45) is 11.8 Å². The summed E-state index contributed by atoms with van der Waals surface area (Å²) >= 11 is 0. The molecule has 2 unspecified atom stereocenters. The molecule has 5 nitrogen and oxygen atoms in total. The molecule has 0 aliphatic rings. The van der Waals surface area contributed by atoms with Crippen LogP contribution < -0.4 is 0 Å². The van der Waals surface area contributed by atoms with Gasteiger partial charge < -0.3 is 18.5 Å². The van der Waals surface area contributed by atoms with Gasteiger partial charge in [0.2, 0.25) is 0 Å². The molecule has 30 heavy (non-hydrogen) atoms. The van der Waals surface area contributed by atoms with Gasteiger partial charge in [0.15, 0.2) is 0 Å². The van der Waals surface area contributed by atoms with Crippen LogP contribution in [0.15, 0.2) is 0 Å². The van der Waals surface area contributed by atoms with Crippen molar-refractivity contribution in [3.05, 3.63) is 0 Å². The summed E-state index contributed by atoms with van der Waals surface area (Å²) in [7, 11) is 0.400. The zero-order chi connectivity index (χ0) is 22.5. The van der Waals surface area contributed by atoms with E-state index < -0.39 is 7.60 Å². The maximum Gasteiger partial charge on any atom is 0.330 e. The monoisotopic (exact) mass is 450 g/mol. The number of hydrogen-bond donors (Lipinski definition) is 0. The Morgan fingerprint density at radius 1 is 0.633 bits per heavy atom. The average Bonchev–Trinajstić information content (AvgIpc) is 2.75. The first-order valence-electron chi connectivity index (χ1n) is 12.4. The molecule has 0 aromatic carbocycles. The van der Waals surface area contributed by atoms with E-state index in [1.54, 1.807) is 14.2 Å². The molecule has 0 saturated heterocycles. The molecule has 2 atom stereocenters. The van der Waals surface area contributed by atoms with E-state index in [2.05, 4.69) is 20.8 Å². The number of ether oxygens (including phenoxy) is 2. The van der Waals surface area contributed by atoms with Gasteiger partial charge in [0.1, 0.15) is 0 Å². The molecule has 0 aromatic rings. The van der Waals surface area contributed by atoms with E-state index >= 15 is 0 Å². The van der Waals surface area contributed by atoms with Gasteiger partial charge in [-0.1, -0.05) is 65.7 Å². The Labute approximate surface area is 187 Å². The minimum absolute atomic E-state index is 0.379. The van der Waals surface area contributed by atoms with Gasteiger partial charge in [-0.2, -0.15) is 0 Å². The summed E-state index contributed by atoms with van der Waals surface area (Å²) in [5.74, 6) is 0.757. The zero-order valence-electron chi connectivity index (χ0n) is 20.7. The fourth-order valence-corrected chi connectivity index (χ4v) is 5.43. The third kappa shape index (κ3) is 16.7. The van der Waals surface area contributed by atoms with Crippen LogP contribution in [0.3, 0.4) is 0 Å². The Balaban J connectivity index is 4.82. The van der Waals surface area contributed by atoms with Crippen LogP contribution in [0.1, 0.15) is 97.8 Å². The van der Waals surface area contributed by atoms with Crippen LogP contribution in [0.5, 0.6) is 0 Å². The van der Waals surface area contributed by atoms with Crippen molar-refractivity contribution in [1.82, 2.24) is 0 Å². The molecule has 0 rings (SSSR count). The Kier molecular flexibility index (Phi) is 21.0. The minimum atomic E-state index is -3.07. The summed E-state index contributed by atoms with van der Waals surface area (Å²) in [5.41, 5.74) is 0. The smallest absolute Gasteiger partial charge is 0.330 e. The number of methoxy groups -OCH3 is 2. The fraction of sp³-hybridized carbons (Fsp3) is 1.00. The molecular weight excluding hydrogens is 399 g/mol. The Bertz CT molecular complexity index is 375. The van der Waals surface area contributed by atoms with E-state index in [0.717, 1.165) is 51.7 Å². The van der Waals surface area contributed by atoms with E-state index in [1.165, 1.54) is 38.5 Å². The lowest BCUT2D eigenvalue weighted by molar-refractivity contribution is 0.117. The highest BCUT2D eigenvalue weighted by Crippen LogP contribution is 2.50. The van der Waals surface area contributed by atoms with Crippen LogP contribution in [0.4, 0.5) is 0 Å². The molecule has 6 heteroatoms. The summed E-state index contributed by atoms with van der Waals surface area (Å²) in [6, 6.07) is 0. The highest BCUT2D eigenvalue weighted by atomic mass is 31.2. The van der Waals surface area contributed by atoms with Gasteiger partial charge in [0, 0.05) is 27.4 Å². The second kappa shape index (κ2) is 20.9. The molecule has 0 amide bonds. The van der Waals surface area contributed by atoms with Gasteiger partial charge in [-0.05, 0) is 43.9 Å². The predicted octanol–water partition coefficient (Wildman–Crippen LogP) is 7.48. The van der Waals surface area contributed by atoms with E-state index in [-0.39, 0.29) is 0 Å². The van der Waals surface area contributed by atoms with Gasteiger partial charge in [0.05, 0.1) is 19.4 Å². The topological polar surface area (TPSA) is 54.0 Å². The third-order valence-electron chi connectivity index (χ3n) is 5.69. The van der Waals surface area contributed by atoms with Crippen LogP contribution in [0.25, 0.3) is 0 Å². The molecule has 0 bridgehead atoms. The highest BCUT2D eigenvalue weighted by Gasteiger charge is 2.27. The molecule has 0 N–H and O–H groups in total. The molecule has 0 heterocycles. The standard InChI is InChI=1S/C24H51O5P/c1-6-9-12-14-23(16-18-26-4)21-28-30(25,20-11-8-3)29-22-24(17-19-27-5)15-13-10-7-2/h23-24H,6-22H2,1-5H3. The van der Waals surface area contributed by atoms with Crippen molar-refractivity contribution in [3.8, 4) is 0 Å². The van der Waals surface area contributed by atoms with Crippen molar-refractivity contribution in [2.75, 3.05) is 46.8 Å². The Morgan fingerprint density at radius 3 is 1.43 bits per heavy atom. The van der Waals surface area contributed by atoms with E-state index in [9.17, 15) is 4.57 Å². The van der Waals surface area contributed by atoms with Crippen LogP contribution in [-0.2, 0) is 23.1 Å². The quantitative estimate of drug-likeness (QED) is 0.119. The zero-order valence-corrected chi connectivity index (χ0v) is 21.6. The van der Waals surface area contributed by atoms with Crippen molar-refractivity contribution in [1.29, 1.82) is 0 Å². The Morgan fingerprint density at radius 2 is 1.07 bits per heavy atom. The SMILES string of the molecule is CCCCCC(CCOC)COP(=O)(CCCC)OCC(CCCCC)CCOC. The summed E-state index contributed by atoms with van der Waals surface area (Å²) < 4.78 is 36.1. The van der Waals surface area contributed by atoms with Crippen molar-refractivity contribution in [2.45, 2.75) is 97.8 Å². The minimum Gasteiger partial charge on any atom is -0.385 e. The summed E-state index contributed by atoms with van der Waals surface area (Å²) in [6.45, 7) is 9.00. The molecular formula is C24H51O5P. The number of unbranched alkanes of at least 4 members (excludes halogenated alkanes) is 5. The summed E-state index contributed by atoms with van der Waals surface area (Å²) in [6.07, 6.45) is 13.7. The van der Waals surface area contributed by atoms with Crippen molar-refractivity contribution < 1.29 is 23.1 Å². The molecule has 0 aliphatic heterocycles. The lowest BCUT2D eigenvalue weighted by Crippen LogP contribution is -2.16. The predicted molar refractivity (Wildman–Crippen MR) is 128 cm³/mol. The second-order valence-electron chi connectivity index (χ2n) is 8.57. The third-order valence-corrected chi connectivity index (χ3v) is 7.64. The normalized spacial score (nSPS) is 15.8. The molecule has 0 aromatic heterocycles. The second-order valence-corrected chi connectivity index (χ2v) is 10.8. The Hall–Kier alpha value is 0.0700. The van der Waals surface area contributed by atoms with Crippen LogP contribution >= 0.6 is 7.60 Å². The van der Waals surface area contributed by atoms with E-state index in [0.29, 0.717) is 31.2 Å². The summed E-state index contributed by atoms with van der Waals surface area (Å²) in [4.78, 5) is 0. The van der Waals surface area contributed by atoms with Crippen LogP contribution in [-0.4, -0.2) is 46.8 Å². The first kappa shape index (κ1) is 30.1. The first-order valence-corrected chi connectivity index (χ1v) is 14.1. The van der Waals surface area contributed by atoms with Gasteiger partial charge in [0.25, 0.3) is 0 Å². The van der Waals surface area contributed by atoms with Gasteiger partial charge in [-0.25, -0.2) is 0 Å². The highest BCUT2D eigenvalue weighted by molar-refractivity contribution is 7.53. The molecule has 0 saturated carbocycles. The maximum atomic E-state index is 13.5. The molecule has 0 fully saturated rings. The van der Waals surface area contributed by atoms with Crippen molar-refractivity contribution in [3.63, 3.8) is 0 Å². The largest absolute Gasteiger partial charge is 0.385 e. The molecule has 0 aliphatic carbocycles. The number of hydrogen-bond acceptors (Lipinski definition) is 5. The molecule has 0 spiro atoms. The maximum absolute atomic E-state index is 13.5. The first-order chi connectivity index (χ1) is 14.5. The number of rotatable bonds is 23. The van der Waals surface area contributed by atoms with Crippen molar-refractivity contribution >= 4 is 7.60 Å². The van der Waals surface area contributed by atoms with Gasteiger partial charge in [-0.3, -0.25) is 4.57 Å². The van der Waals surface area contributed by atoms with E-state index in [1.807, 2.05) is 0 Å². The molecule has 0 radical (unpaired) electrons. The average molecular weight is 451 g/mol. The lowest BCUT2D eigenvalue weighted by Gasteiger charge is -2.25. The van der Waals surface area contributed by atoms with Gasteiger partial charge in [-0.15, -0.1) is 0 Å². The van der Waals surface area contributed by atoms with Gasteiger partial charge >= 0.3 is 7.60 Å². The summed E-state index contributed by atoms with van der Waals surface area (Å²) in [5, 5.41) is 0. The lowest BCUT2D eigenvalue weighted by atomic mass is 9.99. The fourth-order valence-electron chi connectivity index (χ4n) is 3.51. The van der Waals surface area contributed by atoms with Crippen LogP contribution in [0.2, 0.25) is 0 Å². The van der Waals surface area contributed by atoms with E-state index in [4.69, 9.17) is 18.5 Å². The molecule has 182 valence electrons.